The highest BCUT2D eigenvalue weighted by molar-refractivity contribution is 5.81. The van der Waals surface area contributed by atoms with Gasteiger partial charge < -0.3 is 5.11 Å². The number of hydrogen-bond acceptors (Lipinski definition) is 2. The highest BCUT2D eigenvalue weighted by atomic mass is 16.3. The van der Waals surface area contributed by atoms with E-state index in [1.165, 1.54) is 44.1 Å². The van der Waals surface area contributed by atoms with Crippen LogP contribution < -0.4 is 0 Å². The summed E-state index contributed by atoms with van der Waals surface area (Å²) in [5.74, 6) is 2.76. The van der Waals surface area contributed by atoms with Gasteiger partial charge in [-0.2, -0.15) is 0 Å². The zero-order valence-electron chi connectivity index (χ0n) is 14.6. The quantitative estimate of drug-likeness (QED) is 0.783. The average molecular weight is 312 g/mol. The third-order valence-electron chi connectivity index (χ3n) is 6.74. The molecule has 0 saturated heterocycles. The predicted octanol–water partition coefficient (Wildman–Crippen LogP) is 4.97. The first-order chi connectivity index (χ1) is 10.8. The standard InChI is InChI=1S/C21H28O2/c1-20(2,3)17-7-16(12-22)19(23)18(8-17)21-9-13-4-14(10-21)6-15(5-13)11-21/h7-8,12-15,23H,4-6,9-11H2,1-3H3. The minimum absolute atomic E-state index is 0.0114. The zero-order valence-corrected chi connectivity index (χ0v) is 14.6. The number of aromatic hydroxyl groups is 1. The molecular weight excluding hydrogens is 284 g/mol. The Morgan fingerprint density at radius 3 is 2.00 bits per heavy atom. The summed E-state index contributed by atoms with van der Waals surface area (Å²) in [6, 6.07) is 4.10. The molecule has 1 aromatic carbocycles. The van der Waals surface area contributed by atoms with Crippen LogP contribution in [0.4, 0.5) is 0 Å². The second-order valence-electron chi connectivity index (χ2n) is 9.53. The van der Waals surface area contributed by atoms with E-state index in [4.69, 9.17) is 0 Å². The Bertz CT molecular complexity index is 615. The van der Waals surface area contributed by atoms with Gasteiger partial charge in [-0.25, -0.2) is 0 Å². The van der Waals surface area contributed by atoms with Crippen LogP contribution in [0.2, 0.25) is 0 Å². The summed E-state index contributed by atoms with van der Waals surface area (Å²) in [5.41, 5.74) is 2.83. The van der Waals surface area contributed by atoms with Crippen molar-refractivity contribution in [2.24, 2.45) is 17.8 Å². The number of carbonyl (C=O) groups is 1. The van der Waals surface area contributed by atoms with Crippen molar-refractivity contribution in [1.82, 2.24) is 0 Å². The lowest BCUT2D eigenvalue weighted by atomic mass is 9.47. The van der Waals surface area contributed by atoms with Gasteiger partial charge in [-0.15, -0.1) is 0 Å². The Labute approximate surface area is 139 Å². The van der Waals surface area contributed by atoms with Gasteiger partial charge in [0.2, 0.25) is 0 Å². The van der Waals surface area contributed by atoms with E-state index >= 15 is 0 Å². The molecule has 4 bridgehead atoms. The highest BCUT2D eigenvalue weighted by Gasteiger charge is 2.52. The SMILES string of the molecule is CC(C)(C)c1cc(C=O)c(O)c(C23CC4CC(CC(C4)C2)C3)c1. The van der Waals surface area contributed by atoms with E-state index in [0.717, 1.165) is 29.6 Å². The van der Waals surface area contributed by atoms with Crippen molar-refractivity contribution in [2.45, 2.75) is 70.1 Å². The second-order valence-corrected chi connectivity index (χ2v) is 9.53. The molecule has 4 fully saturated rings. The summed E-state index contributed by atoms with van der Waals surface area (Å²) in [6.45, 7) is 6.53. The molecule has 124 valence electrons. The first kappa shape index (κ1) is 15.2. The van der Waals surface area contributed by atoms with Gasteiger partial charge in [0, 0.05) is 5.56 Å². The Morgan fingerprint density at radius 2 is 1.57 bits per heavy atom. The summed E-state index contributed by atoms with van der Waals surface area (Å²) in [4.78, 5) is 11.5. The normalized spacial score (nSPS) is 35.5. The number of carbonyl (C=O) groups excluding carboxylic acids is 1. The first-order valence-corrected chi connectivity index (χ1v) is 9.14. The minimum Gasteiger partial charge on any atom is -0.507 e. The molecule has 4 aliphatic rings. The van der Waals surface area contributed by atoms with E-state index in [9.17, 15) is 9.90 Å². The summed E-state index contributed by atoms with van der Waals surface area (Å²) in [6.07, 6.45) is 8.61. The smallest absolute Gasteiger partial charge is 0.153 e. The molecule has 1 N–H and O–H groups in total. The average Bonchev–Trinajstić information content (AvgIpc) is 2.44. The van der Waals surface area contributed by atoms with Gasteiger partial charge >= 0.3 is 0 Å². The molecule has 23 heavy (non-hydrogen) atoms. The largest absolute Gasteiger partial charge is 0.507 e. The Hall–Kier alpha value is -1.31. The molecule has 2 nitrogen and oxygen atoms in total. The van der Waals surface area contributed by atoms with Gasteiger partial charge in [-0.3, -0.25) is 4.79 Å². The number of rotatable bonds is 2. The molecule has 0 radical (unpaired) electrons. The van der Waals surface area contributed by atoms with Crippen molar-refractivity contribution in [3.8, 4) is 5.75 Å². The Kier molecular flexibility index (Phi) is 3.21. The lowest BCUT2D eigenvalue weighted by Crippen LogP contribution is -2.48. The van der Waals surface area contributed by atoms with Crippen LogP contribution in [0.3, 0.4) is 0 Å². The van der Waals surface area contributed by atoms with Gasteiger partial charge in [0.1, 0.15) is 5.75 Å². The van der Waals surface area contributed by atoms with Crippen molar-refractivity contribution in [3.05, 3.63) is 28.8 Å². The van der Waals surface area contributed by atoms with Crippen LogP contribution in [0.1, 0.15) is 80.8 Å². The van der Waals surface area contributed by atoms with Crippen LogP contribution in [-0.2, 0) is 10.8 Å². The van der Waals surface area contributed by atoms with Crippen molar-refractivity contribution in [1.29, 1.82) is 0 Å². The molecule has 0 aromatic heterocycles. The Morgan fingerprint density at radius 1 is 1.04 bits per heavy atom. The van der Waals surface area contributed by atoms with Crippen LogP contribution in [0, 0.1) is 17.8 Å². The van der Waals surface area contributed by atoms with Crippen LogP contribution >= 0.6 is 0 Å². The number of hydrogen-bond donors (Lipinski definition) is 1. The molecule has 0 amide bonds. The van der Waals surface area contributed by atoms with Crippen LogP contribution in [0.5, 0.6) is 5.75 Å². The lowest BCUT2D eigenvalue weighted by molar-refractivity contribution is -0.00621. The topological polar surface area (TPSA) is 37.3 Å². The van der Waals surface area contributed by atoms with Gasteiger partial charge in [0.05, 0.1) is 5.56 Å². The lowest BCUT2D eigenvalue weighted by Gasteiger charge is -2.57. The van der Waals surface area contributed by atoms with Crippen molar-refractivity contribution < 1.29 is 9.90 Å². The van der Waals surface area contributed by atoms with E-state index in [0.29, 0.717) is 5.56 Å². The molecule has 0 unspecified atom stereocenters. The van der Waals surface area contributed by atoms with Crippen LogP contribution in [-0.4, -0.2) is 11.4 Å². The number of aldehydes is 1. The maximum absolute atomic E-state index is 11.5. The fourth-order valence-electron chi connectivity index (χ4n) is 6.02. The van der Waals surface area contributed by atoms with Crippen LogP contribution in [0.25, 0.3) is 0 Å². The van der Waals surface area contributed by atoms with Crippen molar-refractivity contribution in [2.75, 3.05) is 0 Å². The minimum atomic E-state index is -0.0114. The first-order valence-electron chi connectivity index (χ1n) is 9.14. The number of phenolic OH excluding ortho intramolecular Hbond substituents is 1. The zero-order chi connectivity index (χ0) is 16.4. The summed E-state index contributed by atoms with van der Waals surface area (Å²) in [5, 5.41) is 10.8. The molecule has 4 saturated carbocycles. The van der Waals surface area contributed by atoms with Crippen LogP contribution in [0.15, 0.2) is 12.1 Å². The van der Waals surface area contributed by atoms with Gasteiger partial charge in [-0.05, 0) is 78.7 Å². The third-order valence-corrected chi connectivity index (χ3v) is 6.74. The monoisotopic (exact) mass is 312 g/mol. The van der Waals surface area contributed by atoms with Crippen molar-refractivity contribution >= 4 is 6.29 Å². The molecular formula is C21H28O2. The van der Waals surface area contributed by atoms with Gasteiger partial charge in [-0.1, -0.05) is 26.8 Å². The van der Waals surface area contributed by atoms with E-state index < -0.39 is 0 Å². The fraction of sp³-hybridized carbons (Fsp3) is 0.667. The fourth-order valence-corrected chi connectivity index (χ4v) is 6.02. The number of phenols is 1. The molecule has 0 aliphatic heterocycles. The summed E-state index contributed by atoms with van der Waals surface area (Å²) < 4.78 is 0. The molecule has 0 spiro atoms. The number of benzene rings is 1. The second kappa shape index (κ2) is 4.84. The Balaban J connectivity index is 1.86. The molecule has 0 heterocycles. The molecule has 0 atom stereocenters. The van der Waals surface area contributed by atoms with E-state index in [1.54, 1.807) is 0 Å². The maximum atomic E-state index is 11.5. The molecule has 1 aromatic rings. The van der Waals surface area contributed by atoms with E-state index in [-0.39, 0.29) is 16.6 Å². The molecule has 4 aliphatic carbocycles. The van der Waals surface area contributed by atoms with E-state index in [2.05, 4.69) is 26.8 Å². The van der Waals surface area contributed by atoms with Gasteiger partial charge in [0.15, 0.2) is 6.29 Å². The van der Waals surface area contributed by atoms with E-state index in [1.807, 2.05) is 6.07 Å². The summed E-state index contributed by atoms with van der Waals surface area (Å²) in [7, 11) is 0. The van der Waals surface area contributed by atoms with Crippen molar-refractivity contribution in [3.63, 3.8) is 0 Å². The highest BCUT2D eigenvalue weighted by Crippen LogP contribution is 2.62. The maximum Gasteiger partial charge on any atom is 0.153 e. The van der Waals surface area contributed by atoms with Gasteiger partial charge in [0.25, 0.3) is 0 Å². The summed E-state index contributed by atoms with van der Waals surface area (Å²) >= 11 is 0. The molecule has 2 heteroatoms. The predicted molar refractivity (Wildman–Crippen MR) is 92.0 cm³/mol. The third kappa shape index (κ3) is 2.33. The molecule has 5 rings (SSSR count).